The Hall–Kier alpha value is -0.830. The third-order valence-corrected chi connectivity index (χ3v) is 2.13. The second-order valence-electron chi connectivity index (χ2n) is 2.78. The first kappa shape index (κ1) is 10.3. The third-order valence-electron chi connectivity index (χ3n) is 1.60. The molecular weight excluding hydrogens is 232 g/mol. The summed E-state index contributed by atoms with van der Waals surface area (Å²) in [4.78, 5) is 10.9. The molecule has 1 aromatic rings. The van der Waals surface area contributed by atoms with Gasteiger partial charge < -0.3 is 4.74 Å². The van der Waals surface area contributed by atoms with E-state index in [1.54, 1.807) is 12.1 Å². The number of carbonyl (C=O) groups is 1. The van der Waals surface area contributed by atoms with Gasteiger partial charge in [0.05, 0.1) is 0 Å². The Morgan fingerprint density at radius 1 is 1.38 bits per heavy atom. The Kier molecular flexibility index (Phi) is 3.48. The highest BCUT2D eigenvalue weighted by Gasteiger charge is 2.01. The van der Waals surface area contributed by atoms with Crippen LogP contribution in [0.4, 0.5) is 0 Å². The van der Waals surface area contributed by atoms with Gasteiger partial charge in [-0.05, 0) is 24.6 Å². The van der Waals surface area contributed by atoms with Crippen molar-refractivity contribution in [3.05, 3.63) is 29.8 Å². The minimum absolute atomic E-state index is 0.292. The van der Waals surface area contributed by atoms with Crippen LogP contribution in [0.3, 0.4) is 0 Å². The molecule has 13 heavy (non-hydrogen) atoms. The summed E-state index contributed by atoms with van der Waals surface area (Å²) < 4.78 is 4.89. The molecule has 0 fully saturated rings. The lowest BCUT2D eigenvalue weighted by molar-refractivity contribution is -0.131. The van der Waals surface area contributed by atoms with Crippen LogP contribution in [0.1, 0.15) is 24.2 Å². The van der Waals surface area contributed by atoms with Gasteiger partial charge in [-0.25, -0.2) is 0 Å². The first-order valence-electron chi connectivity index (χ1n) is 4.02. The molecule has 0 bridgehead atoms. The van der Waals surface area contributed by atoms with Gasteiger partial charge in [0.25, 0.3) is 0 Å². The van der Waals surface area contributed by atoms with E-state index in [4.69, 9.17) is 4.74 Å². The highest BCUT2D eigenvalue weighted by atomic mass is 79.9. The fourth-order valence-corrected chi connectivity index (χ4v) is 1.27. The van der Waals surface area contributed by atoms with Crippen molar-refractivity contribution < 1.29 is 9.53 Å². The second-order valence-corrected chi connectivity index (χ2v) is 4.15. The maximum Gasteiger partial charge on any atom is 0.308 e. The molecule has 0 aliphatic heterocycles. The zero-order chi connectivity index (χ0) is 9.84. The van der Waals surface area contributed by atoms with E-state index < -0.39 is 0 Å². The van der Waals surface area contributed by atoms with Gasteiger partial charge >= 0.3 is 5.97 Å². The Balaban J connectivity index is 2.75. The van der Waals surface area contributed by atoms with Crippen LogP contribution in [-0.2, 0) is 4.79 Å². The number of rotatable bonds is 2. The third kappa shape index (κ3) is 3.19. The molecule has 0 saturated heterocycles. The van der Waals surface area contributed by atoms with E-state index in [9.17, 15) is 4.79 Å². The minimum atomic E-state index is -0.292. The molecule has 0 unspecified atom stereocenters. The Labute approximate surface area is 86.0 Å². The van der Waals surface area contributed by atoms with Gasteiger partial charge in [0.15, 0.2) is 0 Å². The summed E-state index contributed by atoms with van der Waals surface area (Å²) in [6.45, 7) is 3.43. The van der Waals surface area contributed by atoms with Gasteiger partial charge in [0.1, 0.15) is 5.75 Å². The Morgan fingerprint density at radius 2 is 1.92 bits per heavy atom. The summed E-state index contributed by atoms with van der Waals surface area (Å²) in [6, 6.07) is 7.43. The summed E-state index contributed by atoms with van der Waals surface area (Å²) in [7, 11) is 0. The monoisotopic (exact) mass is 242 g/mol. The number of halogens is 1. The molecule has 3 heteroatoms. The predicted octanol–water partition coefficient (Wildman–Crippen LogP) is 3.07. The van der Waals surface area contributed by atoms with E-state index in [1.807, 2.05) is 19.1 Å². The molecule has 0 N–H and O–H groups in total. The molecule has 2 nitrogen and oxygen atoms in total. The van der Waals surface area contributed by atoms with Crippen molar-refractivity contribution in [2.75, 3.05) is 0 Å². The van der Waals surface area contributed by atoms with Gasteiger partial charge in [0.2, 0.25) is 0 Å². The minimum Gasteiger partial charge on any atom is -0.427 e. The van der Waals surface area contributed by atoms with Crippen molar-refractivity contribution in [3.8, 4) is 5.75 Å². The lowest BCUT2D eigenvalue weighted by Crippen LogP contribution is -2.01. The Morgan fingerprint density at radius 3 is 2.31 bits per heavy atom. The highest BCUT2D eigenvalue weighted by molar-refractivity contribution is 9.09. The SMILES string of the molecule is CC(=O)Oc1ccc([C@@H](C)Br)cc1. The van der Waals surface area contributed by atoms with Gasteiger partial charge in [0, 0.05) is 11.8 Å². The van der Waals surface area contributed by atoms with E-state index >= 15 is 0 Å². The van der Waals surface area contributed by atoms with Crippen LogP contribution in [0.5, 0.6) is 5.75 Å². The number of hydrogen-bond donors (Lipinski definition) is 0. The molecule has 0 radical (unpaired) electrons. The summed E-state index contributed by atoms with van der Waals surface area (Å²) in [5.74, 6) is 0.295. The summed E-state index contributed by atoms with van der Waals surface area (Å²) in [6.07, 6.45) is 0. The smallest absolute Gasteiger partial charge is 0.308 e. The van der Waals surface area contributed by atoms with Crippen molar-refractivity contribution in [1.82, 2.24) is 0 Å². The topological polar surface area (TPSA) is 26.3 Å². The van der Waals surface area contributed by atoms with Crippen LogP contribution < -0.4 is 4.74 Å². The number of benzene rings is 1. The first-order chi connectivity index (χ1) is 6.09. The fraction of sp³-hybridized carbons (Fsp3) is 0.300. The molecule has 0 aliphatic carbocycles. The van der Waals surface area contributed by atoms with Crippen molar-refractivity contribution in [2.45, 2.75) is 18.7 Å². The van der Waals surface area contributed by atoms with Crippen LogP contribution in [-0.4, -0.2) is 5.97 Å². The largest absolute Gasteiger partial charge is 0.427 e. The molecule has 1 aromatic carbocycles. The number of esters is 1. The van der Waals surface area contributed by atoms with Crippen molar-refractivity contribution in [2.24, 2.45) is 0 Å². The van der Waals surface area contributed by atoms with Crippen molar-refractivity contribution >= 4 is 21.9 Å². The molecule has 1 atom stereocenters. The van der Waals surface area contributed by atoms with Gasteiger partial charge in [-0.3, -0.25) is 4.79 Å². The highest BCUT2D eigenvalue weighted by Crippen LogP contribution is 2.23. The van der Waals surface area contributed by atoms with Crippen molar-refractivity contribution in [3.63, 3.8) is 0 Å². The molecular formula is C10H11BrO2. The summed E-state index contributed by atoms with van der Waals surface area (Å²) in [5, 5.41) is 0. The Bertz CT molecular complexity index is 290. The van der Waals surface area contributed by atoms with Crippen LogP contribution in [0, 0.1) is 0 Å². The number of hydrogen-bond acceptors (Lipinski definition) is 2. The van der Waals surface area contributed by atoms with Crippen LogP contribution in [0.25, 0.3) is 0 Å². The molecule has 0 heterocycles. The number of ether oxygens (including phenoxy) is 1. The fourth-order valence-electron chi connectivity index (χ4n) is 0.967. The molecule has 0 aromatic heterocycles. The molecule has 0 aliphatic rings. The van der Waals surface area contributed by atoms with E-state index in [0.29, 0.717) is 10.6 Å². The average Bonchev–Trinajstić information content (AvgIpc) is 2.04. The molecule has 0 amide bonds. The maximum absolute atomic E-state index is 10.6. The van der Waals surface area contributed by atoms with Crippen LogP contribution in [0.2, 0.25) is 0 Å². The molecule has 0 saturated carbocycles. The summed E-state index contributed by atoms with van der Waals surface area (Å²) >= 11 is 3.45. The van der Waals surface area contributed by atoms with E-state index in [-0.39, 0.29) is 5.97 Å². The van der Waals surface area contributed by atoms with Crippen molar-refractivity contribution in [1.29, 1.82) is 0 Å². The van der Waals surface area contributed by atoms with Gasteiger partial charge in [-0.1, -0.05) is 28.1 Å². The summed E-state index contributed by atoms with van der Waals surface area (Å²) in [5.41, 5.74) is 1.16. The van der Waals surface area contributed by atoms with Crippen LogP contribution in [0.15, 0.2) is 24.3 Å². The number of alkyl halides is 1. The van der Waals surface area contributed by atoms with E-state index in [2.05, 4.69) is 15.9 Å². The number of carbonyl (C=O) groups excluding carboxylic acids is 1. The van der Waals surface area contributed by atoms with Gasteiger partial charge in [-0.2, -0.15) is 0 Å². The average molecular weight is 243 g/mol. The zero-order valence-electron chi connectivity index (χ0n) is 7.58. The van der Waals surface area contributed by atoms with Gasteiger partial charge in [-0.15, -0.1) is 0 Å². The first-order valence-corrected chi connectivity index (χ1v) is 4.93. The van der Waals surface area contributed by atoms with E-state index in [0.717, 1.165) is 5.56 Å². The normalized spacial score (nSPS) is 12.2. The molecule has 1 rings (SSSR count). The van der Waals surface area contributed by atoms with E-state index in [1.165, 1.54) is 6.92 Å². The molecule has 70 valence electrons. The zero-order valence-corrected chi connectivity index (χ0v) is 9.17. The lowest BCUT2D eigenvalue weighted by Gasteiger charge is -2.04. The standard InChI is InChI=1S/C10H11BrO2/c1-7(11)9-3-5-10(6-4-9)13-8(2)12/h3-7H,1-2H3/t7-/m1/s1. The van der Waals surface area contributed by atoms with Crippen LogP contribution >= 0.6 is 15.9 Å². The maximum atomic E-state index is 10.6. The predicted molar refractivity (Wildman–Crippen MR) is 55.1 cm³/mol. The lowest BCUT2D eigenvalue weighted by atomic mass is 10.2. The second kappa shape index (κ2) is 4.42. The molecule has 0 spiro atoms. The quantitative estimate of drug-likeness (QED) is 0.453.